The van der Waals surface area contributed by atoms with E-state index < -0.39 is 6.04 Å². The second-order valence-corrected chi connectivity index (χ2v) is 4.04. The number of amides is 1. The zero-order chi connectivity index (χ0) is 10.3. The molecule has 13 heavy (non-hydrogen) atoms. The molecule has 0 aliphatic rings. The van der Waals surface area contributed by atoms with Crippen LogP contribution in [0.2, 0.25) is 0 Å². The third-order valence-electron chi connectivity index (χ3n) is 2.16. The molecule has 0 aliphatic carbocycles. The molecule has 0 aliphatic heterocycles. The second-order valence-electron chi connectivity index (χ2n) is 4.04. The molecule has 1 amide bonds. The van der Waals surface area contributed by atoms with Gasteiger partial charge in [-0.3, -0.25) is 4.79 Å². The van der Waals surface area contributed by atoms with Gasteiger partial charge < -0.3 is 11.5 Å². The number of primary amides is 1. The van der Waals surface area contributed by atoms with Crippen LogP contribution in [0.15, 0.2) is 0 Å². The first kappa shape index (κ1) is 12.4. The predicted octanol–water partition coefficient (Wildman–Crippen LogP) is 1.41. The standard InChI is InChI=1S/C10H22N2O/c1-8(2)6-4-3-5-7-9(11)10(12)13/h8-9H,3-7,11H2,1-2H3,(H2,12,13). The zero-order valence-electron chi connectivity index (χ0n) is 8.75. The van der Waals surface area contributed by atoms with E-state index in [2.05, 4.69) is 13.8 Å². The minimum absolute atomic E-state index is 0.385. The highest BCUT2D eigenvalue weighted by Gasteiger charge is 2.07. The molecule has 0 rings (SSSR count). The number of hydrogen-bond donors (Lipinski definition) is 2. The number of carbonyl (C=O) groups excluding carboxylic acids is 1. The van der Waals surface area contributed by atoms with Crippen LogP contribution in [0.5, 0.6) is 0 Å². The molecule has 0 saturated heterocycles. The highest BCUT2D eigenvalue weighted by molar-refractivity contribution is 5.79. The Bertz CT molecular complexity index is 146. The van der Waals surface area contributed by atoms with Crippen LogP contribution in [0, 0.1) is 5.92 Å². The maximum absolute atomic E-state index is 10.6. The lowest BCUT2D eigenvalue weighted by Gasteiger charge is -2.07. The summed E-state index contributed by atoms with van der Waals surface area (Å²) in [4.78, 5) is 10.6. The lowest BCUT2D eigenvalue weighted by Crippen LogP contribution is -2.36. The normalized spacial score (nSPS) is 13.2. The smallest absolute Gasteiger partial charge is 0.234 e. The van der Waals surface area contributed by atoms with E-state index >= 15 is 0 Å². The van der Waals surface area contributed by atoms with Gasteiger partial charge in [-0.1, -0.05) is 39.5 Å². The summed E-state index contributed by atoms with van der Waals surface area (Å²) in [6.45, 7) is 4.43. The van der Waals surface area contributed by atoms with Crippen molar-refractivity contribution in [2.75, 3.05) is 0 Å². The molecule has 3 heteroatoms. The van der Waals surface area contributed by atoms with Crippen LogP contribution in [0.25, 0.3) is 0 Å². The van der Waals surface area contributed by atoms with Crippen molar-refractivity contribution in [2.45, 2.75) is 52.0 Å². The van der Waals surface area contributed by atoms with E-state index in [9.17, 15) is 4.79 Å². The van der Waals surface area contributed by atoms with Crippen LogP contribution >= 0.6 is 0 Å². The third kappa shape index (κ3) is 7.78. The van der Waals surface area contributed by atoms with Crippen LogP contribution in [0.3, 0.4) is 0 Å². The summed E-state index contributed by atoms with van der Waals surface area (Å²) in [5, 5.41) is 0. The van der Waals surface area contributed by atoms with Crippen molar-refractivity contribution in [2.24, 2.45) is 17.4 Å². The SMILES string of the molecule is CC(C)CCCCCC(N)C(N)=O. The molecule has 0 saturated carbocycles. The average Bonchev–Trinajstić information content (AvgIpc) is 2.02. The van der Waals surface area contributed by atoms with Crippen LogP contribution in [0.4, 0.5) is 0 Å². The molecule has 78 valence electrons. The predicted molar refractivity (Wildman–Crippen MR) is 55.1 cm³/mol. The van der Waals surface area contributed by atoms with Gasteiger partial charge in [0.25, 0.3) is 0 Å². The highest BCUT2D eigenvalue weighted by Crippen LogP contribution is 2.09. The van der Waals surface area contributed by atoms with E-state index in [1.165, 1.54) is 12.8 Å². The van der Waals surface area contributed by atoms with Gasteiger partial charge in [-0.05, 0) is 12.3 Å². The Kier molecular flexibility index (Phi) is 6.59. The van der Waals surface area contributed by atoms with E-state index in [1.54, 1.807) is 0 Å². The molecule has 1 unspecified atom stereocenters. The number of carbonyl (C=O) groups is 1. The molecule has 0 bridgehead atoms. The first-order valence-electron chi connectivity index (χ1n) is 5.09. The van der Waals surface area contributed by atoms with Crippen LogP contribution in [0.1, 0.15) is 46.0 Å². The van der Waals surface area contributed by atoms with Gasteiger partial charge in [0, 0.05) is 0 Å². The van der Waals surface area contributed by atoms with Gasteiger partial charge in [-0.2, -0.15) is 0 Å². The summed E-state index contributed by atoms with van der Waals surface area (Å²) in [6, 6.07) is -0.445. The number of rotatable bonds is 7. The summed E-state index contributed by atoms with van der Waals surface area (Å²) in [7, 11) is 0. The maximum atomic E-state index is 10.6. The Morgan fingerprint density at radius 3 is 2.15 bits per heavy atom. The second kappa shape index (κ2) is 6.89. The largest absolute Gasteiger partial charge is 0.368 e. The van der Waals surface area contributed by atoms with Crippen molar-refractivity contribution in [1.82, 2.24) is 0 Å². The van der Waals surface area contributed by atoms with Crippen molar-refractivity contribution in [3.63, 3.8) is 0 Å². The molecule has 0 spiro atoms. The fourth-order valence-corrected chi connectivity index (χ4v) is 1.24. The fraction of sp³-hybridized carbons (Fsp3) is 0.900. The number of nitrogens with two attached hydrogens (primary N) is 2. The van der Waals surface area contributed by atoms with E-state index in [0.717, 1.165) is 25.2 Å². The van der Waals surface area contributed by atoms with Crippen LogP contribution in [-0.4, -0.2) is 11.9 Å². The molecular formula is C10H22N2O. The zero-order valence-corrected chi connectivity index (χ0v) is 8.75. The van der Waals surface area contributed by atoms with Crippen molar-refractivity contribution in [1.29, 1.82) is 0 Å². The summed E-state index contributed by atoms with van der Waals surface area (Å²) < 4.78 is 0. The Morgan fingerprint density at radius 2 is 1.69 bits per heavy atom. The quantitative estimate of drug-likeness (QED) is 0.590. The monoisotopic (exact) mass is 186 g/mol. The lowest BCUT2D eigenvalue weighted by atomic mass is 10.0. The van der Waals surface area contributed by atoms with Gasteiger partial charge in [0.15, 0.2) is 0 Å². The minimum atomic E-state index is -0.445. The van der Waals surface area contributed by atoms with Crippen molar-refractivity contribution >= 4 is 5.91 Å². The molecule has 0 aromatic heterocycles. The Labute approximate surface area is 80.9 Å². The molecule has 0 heterocycles. The Hall–Kier alpha value is -0.570. The first-order valence-corrected chi connectivity index (χ1v) is 5.09. The van der Waals surface area contributed by atoms with Crippen molar-refractivity contribution in [3.8, 4) is 0 Å². The molecule has 0 fully saturated rings. The van der Waals surface area contributed by atoms with Gasteiger partial charge in [0.05, 0.1) is 6.04 Å². The molecule has 0 aromatic carbocycles. The third-order valence-corrected chi connectivity index (χ3v) is 2.16. The maximum Gasteiger partial charge on any atom is 0.234 e. The van der Waals surface area contributed by atoms with Gasteiger partial charge in [0.1, 0.15) is 0 Å². The van der Waals surface area contributed by atoms with E-state index in [0.29, 0.717) is 0 Å². The van der Waals surface area contributed by atoms with Crippen LogP contribution < -0.4 is 11.5 Å². The fourth-order valence-electron chi connectivity index (χ4n) is 1.24. The molecule has 0 aromatic rings. The van der Waals surface area contributed by atoms with Gasteiger partial charge in [-0.25, -0.2) is 0 Å². The number of unbranched alkanes of at least 4 members (excludes halogenated alkanes) is 2. The van der Waals surface area contributed by atoms with Crippen LogP contribution in [-0.2, 0) is 4.79 Å². The Balaban J connectivity index is 3.21. The van der Waals surface area contributed by atoms with Gasteiger partial charge in [-0.15, -0.1) is 0 Å². The molecule has 3 nitrogen and oxygen atoms in total. The van der Waals surface area contributed by atoms with Gasteiger partial charge >= 0.3 is 0 Å². The molecular weight excluding hydrogens is 164 g/mol. The summed E-state index contributed by atoms with van der Waals surface area (Å²) in [5.41, 5.74) is 10.5. The Morgan fingerprint density at radius 1 is 1.15 bits per heavy atom. The summed E-state index contributed by atoms with van der Waals surface area (Å²) in [6.07, 6.45) is 5.37. The summed E-state index contributed by atoms with van der Waals surface area (Å²) >= 11 is 0. The van der Waals surface area contributed by atoms with E-state index in [-0.39, 0.29) is 5.91 Å². The molecule has 4 N–H and O–H groups in total. The first-order chi connectivity index (χ1) is 6.04. The average molecular weight is 186 g/mol. The summed E-state index contributed by atoms with van der Waals surface area (Å²) in [5.74, 6) is 0.383. The molecule has 1 atom stereocenters. The van der Waals surface area contributed by atoms with Crippen molar-refractivity contribution < 1.29 is 4.79 Å². The molecule has 0 radical (unpaired) electrons. The van der Waals surface area contributed by atoms with E-state index in [4.69, 9.17) is 11.5 Å². The van der Waals surface area contributed by atoms with Crippen molar-refractivity contribution in [3.05, 3.63) is 0 Å². The van der Waals surface area contributed by atoms with Gasteiger partial charge in [0.2, 0.25) is 5.91 Å². The topological polar surface area (TPSA) is 69.1 Å². The lowest BCUT2D eigenvalue weighted by molar-refractivity contribution is -0.119. The number of hydrogen-bond acceptors (Lipinski definition) is 2. The minimum Gasteiger partial charge on any atom is -0.368 e. The highest BCUT2D eigenvalue weighted by atomic mass is 16.1. The van der Waals surface area contributed by atoms with E-state index in [1.807, 2.05) is 0 Å².